The van der Waals surface area contributed by atoms with Gasteiger partial charge in [-0.25, -0.2) is 18.6 Å². The Morgan fingerprint density at radius 2 is 1.73 bits per heavy atom. The maximum atomic E-state index is 15.1. The molecule has 4 rings (SSSR count). The standard InChI is InChI=1S/C43H60F2N8O7/c1-26(47-5)39(56)51-34(42(59)60)13-9-10-19-48-40(57)28-14-16-30(21-28)49-41(58)33(46)18-20-53(36(55)25-54)37(43(2,3)4)38-50-35(31-22-29(44)15-17-32(31)45)24-52(38)23-27-11-7-6-8-12-27/h6-8,11-12,15,17,22,24,26,28,30,33-34,37,47,54H,9-10,13-14,16,18-21,23,25,46H2,1-5H3,(H,48,57)(H,49,58)(H,51,56)(H,59,60)/t26-,28+,30-,33-,34-,37-/m0/s1. The van der Waals surface area contributed by atoms with Gasteiger partial charge < -0.3 is 46.7 Å². The van der Waals surface area contributed by atoms with Crippen LogP contribution in [0.2, 0.25) is 0 Å². The maximum Gasteiger partial charge on any atom is 0.326 e. The Balaban J connectivity index is 1.38. The molecule has 0 spiro atoms. The molecule has 15 nitrogen and oxygen atoms in total. The molecule has 4 amide bonds. The number of carbonyl (C=O) groups excluding carboxylic acids is 4. The number of carboxylic acid groups (broad SMARTS) is 1. The number of hydrogen-bond donors (Lipinski definition) is 7. The topological polar surface area (TPSA) is 221 Å². The van der Waals surface area contributed by atoms with Gasteiger partial charge in [-0.05, 0) is 88.1 Å². The highest BCUT2D eigenvalue weighted by atomic mass is 19.1. The second-order valence-corrected chi connectivity index (χ2v) is 16.5. The van der Waals surface area contributed by atoms with Crippen LogP contribution < -0.4 is 27.0 Å². The zero-order valence-electron chi connectivity index (χ0n) is 35.0. The van der Waals surface area contributed by atoms with Gasteiger partial charge in [-0.2, -0.15) is 0 Å². The van der Waals surface area contributed by atoms with E-state index < -0.39 is 71.5 Å². The fourth-order valence-corrected chi connectivity index (χ4v) is 7.44. The minimum Gasteiger partial charge on any atom is -0.480 e. The fraction of sp³-hybridized carbons (Fsp3) is 0.535. The molecule has 60 heavy (non-hydrogen) atoms. The van der Waals surface area contributed by atoms with Gasteiger partial charge in [0, 0.05) is 43.4 Å². The van der Waals surface area contributed by atoms with Crippen LogP contribution in [0.1, 0.15) is 90.1 Å². The Bertz CT molecular complexity index is 1940. The molecule has 0 aliphatic heterocycles. The predicted molar refractivity (Wildman–Crippen MR) is 221 cm³/mol. The number of aromatic nitrogens is 2. The fourth-order valence-electron chi connectivity index (χ4n) is 7.44. The number of likely N-dealkylation sites (N-methyl/N-ethyl adjacent to an activating group) is 1. The van der Waals surface area contributed by atoms with Gasteiger partial charge in [-0.1, -0.05) is 51.1 Å². The van der Waals surface area contributed by atoms with Crippen molar-refractivity contribution < 1.29 is 43.0 Å². The number of aliphatic hydroxyl groups excluding tert-OH is 1. The quantitative estimate of drug-likeness (QED) is 0.0777. The zero-order valence-corrected chi connectivity index (χ0v) is 35.0. The molecule has 1 fully saturated rings. The second-order valence-electron chi connectivity index (χ2n) is 16.5. The summed E-state index contributed by atoms with van der Waals surface area (Å²) in [6, 6.07) is 8.83. The number of hydrogen-bond acceptors (Lipinski definition) is 9. The van der Waals surface area contributed by atoms with Crippen molar-refractivity contribution in [3.8, 4) is 11.3 Å². The first-order valence-electron chi connectivity index (χ1n) is 20.4. The Labute approximate surface area is 349 Å². The van der Waals surface area contributed by atoms with Crippen LogP contribution in [0.25, 0.3) is 11.3 Å². The van der Waals surface area contributed by atoms with Crippen LogP contribution in [-0.2, 0) is 30.5 Å². The molecule has 2 aromatic carbocycles. The first-order valence-corrected chi connectivity index (χ1v) is 20.4. The summed E-state index contributed by atoms with van der Waals surface area (Å²) in [5, 5.41) is 30.7. The molecule has 1 aliphatic carbocycles. The lowest BCUT2D eigenvalue weighted by Crippen LogP contribution is -2.49. The number of benzene rings is 2. The molecule has 0 unspecified atom stereocenters. The number of amides is 4. The summed E-state index contributed by atoms with van der Waals surface area (Å²) in [6.07, 6.45) is 4.34. The van der Waals surface area contributed by atoms with Gasteiger partial charge in [-0.15, -0.1) is 0 Å². The normalized spacial score (nSPS) is 17.3. The molecule has 1 aromatic heterocycles. The minimum atomic E-state index is -1.13. The number of halogens is 2. The van der Waals surface area contributed by atoms with Crippen molar-refractivity contribution in [2.45, 2.75) is 109 Å². The molecular formula is C43H60F2N8O7. The molecule has 328 valence electrons. The number of imidazole rings is 1. The second kappa shape index (κ2) is 21.8. The number of aliphatic carboxylic acids is 1. The average molecular weight is 839 g/mol. The van der Waals surface area contributed by atoms with Crippen LogP contribution in [0, 0.1) is 23.0 Å². The number of aliphatic hydroxyl groups is 1. The maximum absolute atomic E-state index is 15.1. The lowest BCUT2D eigenvalue weighted by Gasteiger charge is -2.40. The average Bonchev–Trinajstić information content (AvgIpc) is 3.85. The molecule has 6 atom stereocenters. The summed E-state index contributed by atoms with van der Waals surface area (Å²) in [6.45, 7) is 7.05. The first-order chi connectivity index (χ1) is 28.4. The van der Waals surface area contributed by atoms with Crippen molar-refractivity contribution in [3.05, 3.63) is 77.8 Å². The highest BCUT2D eigenvalue weighted by Gasteiger charge is 2.39. The molecule has 1 aliphatic rings. The van der Waals surface area contributed by atoms with Crippen LogP contribution in [-0.4, -0.2) is 105 Å². The van der Waals surface area contributed by atoms with Crippen molar-refractivity contribution in [2.75, 3.05) is 26.7 Å². The number of nitrogens with zero attached hydrogens (tertiary/aromatic N) is 3. The predicted octanol–water partition coefficient (Wildman–Crippen LogP) is 3.25. The molecule has 1 saturated carbocycles. The van der Waals surface area contributed by atoms with E-state index in [0.29, 0.717) is 51.0 Å². The summed E-state index contributed by atoms with van der Waals surface area (Å²) in [5.41, 5.74) is 6.69. The first kappa shape index (κ1) is 47.4. The number of rotatable bonds is 21. The largest absolute Gasteiger partial charge is 0.480 e. The Morgan fingerprint density at radius 1 is 1.02 bits per heavy atom. The van der Waals surface area contributed by atoms with Gasteiger partial charge in [0.25, 0.3) is 0 Å². The van der Waals surface area contributed by atoms with Gasteiger partial charge in [0.2, 0.25) is 23.6 Å². The number of carbonyl (C=O) groups is 5. The monoisotopic (exact) mass is 838 g/mol. The lowest BCUT2D eigenvalue weighted by atomic mass is 9.84. The van der Waals surface area contributed by atoms with Gasteiger partial charge in [0.05, 0.1) is 23.8 Å². The molecule has 1 heterocycles. The lowest BCUT2D eigenvalue weighted by molar-refractivity contribution is -0.142. The summed E-state index contributed by atoms with van der Waals surface area (Å²) in [4.78, 5) is 69.7. The van der Waals surface area contributed by atoms with E-state index in [2.05, 4.69) is 21.3 Å². The van der Waals surface area contributed by atoms with Crippen LogP contribution in [0.15, 0.2) is 54.7 Å². The van der Waals surface area contributed by atoms with E-state index in [1.165, 1.54) is 4.90 Å². The molecule has 0 saturated heterocycles. The SMILES string of the molecule is CN[C@@H](C)C(=O)N[C@@H](CCCCNC(=O)[C@@H]1CC[C@H](NC(=O)[C@@H](N)CCN(C(=O)CO)[C@@H](c2nc(-c3cc(F)ccc3F)cn2Cc2ccccc2)C(C)(C)C)C1)C(=O)O. The van der Waals surface area contributed by atoms with Crippen LogP contribution in [0.3, 0.4) is 0 Å². The third-order valence-electron chi connectivity index (χ3n) is 10.9. The summed E-state index contributed by atoms with van der Waals surface area (Å²) < 4.78 is 31.2. The number of nitrogens with one attached hydrogen (secondary N) is 4. The highest BCUT2D eigenvalue weighted by molar-refractivity contribution is 5.86. The smallest absolute Gasteiger partial charge is 0.326 e. The number of nitrogens with two attached hydrogens (primary N) is 1. The Kier molecular flexibility index (Phi) is 17.3. The minimum absolute atomic E-state index is 0.0203. The third-order valence-corrected chi connectivity index (χ3v) is 10.9. The molecule has 0 radical (unpaired) electrons. The zero-order chi connectivity index (χ0) is 44.1. The number of carboxylic acids is 1. The van der Waals surface area contributed by atoms with Crippen molar-refractivity contribution in [3.63, 3.8) is 0 Å². The Hall–Kier alpha value is -5.26. The molecular weight excluding hydrogens is 779 g/mol. The van der Waals surface area contributed by atoms with Crippen molar-refractivity contribution in [1.29, 1.82) is 0 Å². The van der Waals surface area contributed by atoms with Gasteiger partial charge in [0.15, 0.2) is 0 Å². The van der Waals surface area contributed by atoms with E-state index in [9.17, 15) is 38.6 Å². The van der Waals surface area contributed by atoms with E-state index in [-0.39, 0.29) is 48.5 Å². The highest BCUT2D eigenvalue weighted by Crippen LogP contribution is 2.39. The van der Waals surface area contributed by atoms with Gasteiger partial charge >= 0.3 is 5.97 Å². The number of unbranched alkanes of at least 4 members (excludes halogenated alkanes) is 1. The van der Waals surface area contributed by atoms with Crippen LogP contribution in [0.4, 0.5) is 8.78 Å². The molecule has 8 N–H and O–H groups in total. The third kappa shape index (κ3) is 13.1. The van der Waals surface area contributed by atoms with Crippen molar-refractivity contribution in [1.82, 2.24) is 35.7 Å². The van der Waals surface area contributed by atoms with Gasteiger partial charge in [0.1, 0.15) is 30.1 Å². The van der Waals surface area contributed by atoms with E-state index in [0.717, 1.165) is 23.8 Å². The van der Waals surface area contributed by atoms with Crippen molar-refractivity contribution >= 4 is 29.6 Å². The van der Waals surface area contributed by atoms with E-state index in [4.69, 9.17) is 10.7 Å². The van der Waals surface area contributed by atoms with Crippen LogP contribution >= 0.6 is 0 Å². The molecule has 3 aromatic rings. The van der Waals surface area contributed by atoms with Gasteiger partial charge in [-0.3, -0.25) is 19.2 Å². The molecule has 17 heteroatoms. The Morgan fingerprint density at radius 3 is 2.38 bits per heavy atom. The van der Waals surface area contributed by atoms with E-state index >= 15 is 4.39 Å². The van der Waals surface area contributed by atoms with Crippen LogP contribution in [0.5, 0.6) is 0 Å². The summed E-state index contributed by atoms with van der Waals surface area (Å²) >= 11 is 0. The van der Waals surface area contributed by atoms with E-state index in [1.807, 2.05) is 51.1 Å². The van der Waals surface area contributed by atoms with Crippen molar-refractivity contribution in [2.24, 2.45) is 17.1 Å². The summed E-state index contributed by atoms with van der Waals surface area (Å²) in [5.74, 6) is -4.07. The van der Waals surface area contributed by atoms with E-state index in [1.54, 1.807) is 24.7 Å². The molecule has 0 bridgehead atoms. The summed E-state index contributed by atoms with van der Waals surface area (Å²) in [7, 11) is 1.60.